The van der Waals surface area contributed by atoms with Gasteiger partial charge < -0.3 is 4.74 Å². The first kappa shape index (κ1) is 18.0. The third kappa shape index (κ3) is 17.0. The number of allylic oxidation sites excluding steroid dienone is 1. The van der Waals surface area contributed by atoms with Crippen molar-refractivity contribution in [2.75, 3.05) is 6.61 Å². The zero-order valence-electron chi connectivity index (χ0n) is 12.7. The number of esters is 1. The number of rotatable bonds is 12. The Labute approximate surface area is 118 Å². The molecule has 0 aliphatic carbocycles. The van der Waals surface area contributed by atoms with E-state index in [9.17, 15) is 4.79 Å². The SMILES string of the molecule is CCCCCC=C=CCCCCCCCOC(C)=O. The molecule has 0 spiro atoms. The Kier molecular flexibility index (Phi) is 14.2. The highest BCUT2D eigenvalue weighted by Crippen LogP contribution is 2.06. The van der Waals surface area contributed by atoms with E-state index in [0.29, 0.717) is 6.61 Å². The summed E-state index contributed by atoms with van der Waals surface area (Å²) in [5.74, 6) is -0.170. The third-order valence-corrected chi connectivity index (χ3v) is 2.99. The Morgan fingerprint density at radius 2 is 1.53 bits per heavy atom. The zero-order chi connectivity index (χ0) is 14.2. The van der Waals surface area contributed by atoms with Crippen LogP contribution in [0.15, 0.2) is 17.9 Å². The molecule has 0 aromatic rings. The molecule has 0 radical (unpaired) electrons. The summed E-state index contributed by atoms with van der Waals surface area (Å²) in [6.45, 7) is 4.27. The monoisotopic (exact) mass is 266 g/mol. The minimum Gasteiger partial charge on any atom is -0.466 e. The molecule has 0 fully saturated rings. The average Bonchev–Trinajstić information content (AvgIpc) is 2.39. The molecular weight excluding hydrogens is 236 g/mol. The van der Waals surface area contributed by atoms with Gasteiger partial charge in [0.15, 0.2) is 0 Å². The smallest absolute Gasteiger partial charge is 0.302 e. The van der Waals surface area contributed by atoms with Crippen LogP contribution in [-0.2, 0) is 9.53 Å². The number of carbonyl (C=O) groups excluding carboxylic acids is 1. The van der Waals surface area contributed by atoms with Crippen molar-refractivity contribution in [1.82, 2.24) is 0 Å². The molecule has 0 aliphatic rings. The fourth-order valence-electron chi connectivity index (χ4n) is 1.84. The Balaban J connectivity index is 3.17. The van der Waals surface area contributed by atoms with Gasteiger partial charge in [0.2, 0.25) is 0 Å². The molecule has 0 unspecified atom stereocenters. The van der Waals surface area contributed by atoms with Crippen molar-refractivity contribution in [3.8, 4) is 0 Å². The average molecular weight is 266 g/mol. The van der Waals surface area contributed by atoms with Crippen LogP contribution in [0.5, 0.6) is 0 Å². The topological polar surface area (TPSA) is 26.3 Å². The van der Waals surface area contributed by atoms with Crippen LogP contribution < -0.4 is 0 Å². The van der Waals surface area contributed by atoms with Crippen LogP contribution in [0.4, 0.5) is 0 Å². The van der Waals surface area contributed by atoms with E-state index in [1.165, 1.54) is 51.9 Å². The number of unbranched alkanes of at least 4 members (excludes halogenated alkanes) is 8. The number of hydrogen-bond donors (Lipinski definition) is 0. The summed E-state index contributed by atoms with van der Waals surface area (Å²) in [7, 11) is 0. The Morgan fingerprint density at radius 1 is 0.947 bits per heavy atom. The quantitative estimate of drug-likeness (QED) is 0.276. The molecule has 2 heteroatoms. The van der Waals surface area contributed by atoms with Gasteiger partial charge in [0, 0.05) is 6.92 Å². The van der Waals surface area contributed by atoms with E-state index in [4.69, 9.17) is 4.74 Å². The van der Waals surface area contributed by atoms with Gasteiger partial charge >= 0.3 is 5.97 Å². The lowest BCUT2D eigenvalue weighted by atomic mass is 10.1. The standard InChI is InChI=1S/C17H30O2/c1-3-4-5-6-7-8-9-10-11-12-13-14-15-16-19-17(2)18/h7,9H,3-6,10-16H2,1-2H3. The second-order valence-corrected chi connectivity index (χ2v) is 4.97. The van der Waals surface area contributed by atoms with Gasteiger partial charge in [-0.2, -0.15) is 0 Å². The molecule has 0 rings (SSSR count). The summed E-state index contributed by atoms with van der Waals surface area (Å²) in [6, 6.07) is 0. The highest BCUT2D eigenvalue weighted by molar-refractivity contribution is 5.65. The molecule has 0 N–H and O–H groups in total. The van der Waals surface area contributed by atoms with E-state index < -0.39 is 0 Å². The lowest BCUT2D eigenvalue weighted by Gasteiger charge is -2.01. The molecule has 0 heterocycles. The van der Waals surface area contributed by atoms with Crippen molar-refractivity contribution in [2.24, 2.45) is 0 Å². The van der Waals surface area contributed by atoms with Gasteiger partial charge in [0.05, 0.1) is 6.61 Å². The van der Waals surface area contributed by atoms with E-state index in [2.05, 4.69) is 24.8 Å². The molecule has 0 atom stereocenters. The first-order valence-corrected chi connectivity index (χ1v) is 7.80. The maximum absolute atomic E-state index is 10.5. The van der Waals surface area contributed by atoms with Crippen molar-refractivity contribution >= 4 is 5.97 Å². The van der Waals surface area contributed by atoms with E-state index in [-0.39, 0.29) is 5.97 Å². The molecule has 0 saturated carbocycles. The molecule has 0 aliphatic heterocycles. The van der Waals surface area contributed by atoms with E-state index in [1.807, 2.05) is 0 Å². The summed E-state index contributed by atoms with van der Waals surface area (Å²) in [4.78, 5) is 10.5. The van der Waals surface area contributed by atoms with Gasteiger partial charge in [0.25, 0.3) is 0 Å². The largest absolute Gasteiger partial charge is 0.466 e. The molecule has 0 aromatic heterocycles. The number of hydrogen-bond acceptors (Lipinski definition) is 2. The van der Waals surface area contributed by atoms with Crippen molar-refractivity contribution < 1.29 is 9.53 Å². The van der Waals surface area contributed by atoms with Crippen LogP contribution in [0.3, 0.4) is 0 Å². The molecule has 0 bridgehead atoms. The fraction of sp³-hybridized carbons (Fsp3) is 0.765. The second kappa shape index (κ2) is 15.0. The van der Waals surface area contributed by atoms with Crippen molar-refractivity contribution in [1.29, 1.82) is 0 Å². The first-order chi connectivity index (χ1) is 9.27. The van der Waals surface area contributed by atoms with Gasteiger partial charge in [-0.25, -0.2) is 0 Å². The minimum absolute atomic E-state index is 0.170. The van der Waals surface area contributed by atoms with Crippen LogP contribution in [0, 0.1) is 0 Å². The molecule has 0 amide bonds. The maximum atomic E-state index is 10.5. The highest BCUT2D eigenvalue weighted by Gasteiger charge is 1.93. The summed E-state index contributed by atoms with van der Waals surface area (Å²) in [5, 5.41) is 0. The molecule has 2 nitrogen and oxygen atoms in total. The van der Waals surface area contributed by atoms with Crippen molar-refractivity contribution in [3.63, 3.8) is 0 Å². The fourth-order valence-corrected chi connectivity index (χ4v) is 1.84. The molecule has 0 aromatic carbocycles. The summed E-state index contributed by atoms with van der Waals surface area (Å²) in [6.07, 6.45) is 16.4. The lowest BCUT2D eigenvalue weighted by Crippen LogP contribution is -1.99. The first-order valence-electron chi connectivity index (χ1n) is 7.80. The Morgan fingerprint density at radius 3 is 2.16 bits per heavy atom. The minimum atomic E-state index is -0.170. The maximum Gasteiger partial charge on any atom is 0.302 e. The van der Waals surface area contributed by atoms with Crippen LogP contribution in [0.25, 0.3) is 0 Å². The van der Waals surface area contributed by atoms with Crippen LogP contribution in [-0.4, -0.2) is 12.6 Å². The van der Waals surface area contributed by atoms with Gasteiger partial charge in [0.1, 0.15) is 0 Å². The van der Waals surface area contributed by atoms with Crippen molar-refractivity contribution in [3.05, 3.63) is 17.9 Å². The molecule has 19 heavy (non-hydrogen) atoms. The van der Waals surface area contributed by atoms with E-state index in [1.54, 1.807) is 0 Å². The Hall–Kier alpha value is -1.01. The van der Waals surface area contributed by atoms with Crippen LogP contribution in [0.1, 0.15) is 78.1 Å². The van der Waals surface area contributed by atoms with E-state index >= 15 is 0 Å². The normalized spacial score (nSPS) is 9.79. The van der Waals surface area contributed by atoms with Crippen LogP contribution >= 0.6 is 0 Å². The number of carbonyl (C=O) groups is 1. The lowest BCUT2D eigenvalue weighted by molar-refractivity contribution is -0.141. The van der Waals surface area contributed by atoms with Crippen LogP contribution in [0.2, 0.25) is 0 Å². The predicted molar refractivity (Wildman–Crippen MR) is 81.1 cm³/mol. The summed E-state index contributed by atoms with van der Waals surface area (Å²) >= 11 is 0. The second-order valence-electron chi connectivity index (χ2n) is 4.97. The van der Waals surface area contributed by atoms with Gasteiger partial charge in [-0.3, -0.25) is 4.79 Å². The zero-order valence-corrected chi connectivity index (χ0v) is 12.7. The van der Waals surface area contributed by atoms with Gasteiger partial charge in [-0.1, -0.05) is 39.0 Å². The molecule has 0 saturated heterocycles. The van der Waals surface area contributed by atoms with Gasteiger partial charge in [-0.05, 0) is 44.3 Å². The van der Waals surface area contributed by atoms with Gasteiger partial charge in [-0.15, -0.1) is 5.73 Å². The predicted octanol–water partition coefficient (Wildman–Crippen LogP) is 5.18. The molecule has 110 valence electrons. The Bertz CT molecular complexity index is 262. The number of ether oxygens (including phenoxy) is 1. The van der Waals surface area contributed by atoms with Crippen molar-refractivity contribution in [2.45, 2.75) is 78.1 Å². The summed E-state index contributed by atoms with van der Waals surface area (Å²) < 4.78 is 4.88. The summed E-state index contributed by atoms with van der Waals surface area (Å²) in [5.41, 5.74) is 3.26. The molecular formula is C17H30O2. The van der Waals surface area contributed by atoms with E-state index in [0.717, 1.165) is 19.3 Å². The highest BCUT2D eigenvalue weighted by atomic mass is 16.5. The third-order valence-electron chi connectivity index (χ3n) is 2.99.